The van der Waals surface area contributed by atoms with Gasteiger partial charge in [0.15, 0.2) is 11.5 Å². The van der Waals surface area contributed by atoms with E-state index < -0.39 is 0 Å². The average Bonchev–Trinajstić information content (AvgIpc) is 3.26. The summed E-state index contributed by atoms with van der Waals surface area (Å²) in [6.45, 7) is 4.43. The molecular formula is C22H30N4O4. The Morgan fingerprint density at radius 1 is 1.17 bits per heavy atom. The van der Waals surface area contributed by atoms with Crippen LogP contribution in [0.1, 0.15) is 37.7 Å². The van der Waals surface area contributed by atoms with Gasteiger partial charge in [-0.25, -0.2) is 4.98 Å². The lowest BCUT2D eigenvalue weighted by atomic mass is 10.0. The normalized spacial score (nSPS) is 17.6. The van der Waals surface area contributed by atoms with Crippen LogP contribution in [0.25, 0.3) is 10.9 Å². The first-order chi connectivity index (χ1) is 14.5. The summed E-state index contributed by atoms with van der Waals surface area (Å²) in [6, 6.07) is 1.74. The minimum Gasteiger partial charge on any atom is -0.493 e. The Kier molecular flexibility index (Phi) is 5.83. The summed E-state index contributed by atoms with van der Waals surface area (Å²) in [5.74, 6) is 2.44. The van der Waals surface area contributed by atoms with Crippen molar-refractivity contribution in [1.29, 1.82) is 0 Å². The molecule has 1 aliphatic heterocycles. The Balaban J connectivity index is 1.51. The highest BCUT2D eigenvalue weighted by atomic mass is 16.5. The fourth-order valence-electron chi connectivity index (χ4n) is 4.75. The minimum atomic E-state index is -0.201. The maximum atomic E-state index is 12.8. The third-order valence-corrected chi connectivity index (χ3v) is 6.44. The number of ether oxygens (including phenoxy) is 2. The van der Waals surface area contributed by atoms with Gasteiger partial charge < -0.3 is 19.3 Å². The fraction of sp³-hybridized carbons (Fsp3) is 0.591. The molecule has 0 unspecified atom stereocenters. The van der Waals surface area contributed by atoms with Gasteiger partial charge in [-0.3, -0.25) is 14.6 Å². The number of benzene rings is 1. The number of rotatable bonds is 5. The monoisotopic (exact) mass is 414 g/mol. The standard InChI is InChI=1S/C22H30N4O4/c1-14-19-16(13-17(29-2)20(14)30-3)23-22(24-21(19)28)26-10-8-25(9-11-26)18(27)12-15-6-4-5-7-15/h13,15H,4-12H2,1-3H3,(H,23,24,28). The van der Waals surface area contributed by atoms with Gasteiger partial charge in [-0.05, 0) is 25.7 Å². The van der Waals surface area contributed by atoms with E-state index in [1.165, 1.54) is 25.7 Å². The SMILES string of the molecule is COc1cc2nc(N3CCN(C(=O)CC4CCCC4)CC3)[nH]c(=O)c2c(C)c1OC. The first-order valence-corrected chi connectivity index (χ1v) is 10.7. The van der Waals surface area contributed by atoms with E-state index in [1.807, 2.05) is 16.7 Å². The second kappa shape index (κ2) is 8.53. The molecule has 2 aliphatic rings. The Hall–Kier alpha value is -2.77. The molecule has 1 saturated heterocycles. The fourth-order valence-corrected chi connectivity index (χ4v) is 4.75. The number of piperazine rings is 1. The molecule has 1 aliphatic carbocycles. The van der Waals surface area contributed by atoms with Crippen molar-refractivity contribution >= 4 is 22.8 Å². The molecule has 1 amide bonds. The van der Waals surface area contributed by atoms with E-state index in [0.717, 1.165) is 0 Å². The van der Waals surface area contributed by atoms with E-state index in [4.69, 9.17) is 9.47 Å². The van der Waals surface area contributed by atoms with Crippen molar-refractivity contribution in [2.24, 2.45) is 5.92 Å². The van der Waals surface area contributed by atoms with Crippen LogP contribution in [0.5, 0.6) is 11.5 Å². The molecule has 8 nitrogen and oxygen atoms in total. The lowest BCUT2D eigenvalue weighted by molar-refractivity contribution is -0.132. The highest BCUT2D eigenvalue weighted by Gasteiger charge is 2.26. The number of nitrogens with one attached hydrogen (secondary N) is 1. The number of methoxy groups -OCH3 is 2. The summed E-state index contributed by atoms with van der Waals surface area (Å²) in [6.07, 6.45) is 5.54. The van der Waals surface area contributed by atoms with Gasteiger partial charge in [0.05, 0.1) is 25.1 Å². The van der Waals surface area contributed by atoms with Crippen molar-refractivity contribution < 1.29 is 14.3 Å². The smallest absolute Gasteiger partial charge is 0.260 e. The molecule has 4 rings (SSSR count). The molecule has 2 aromatic rings. The molecule has 2 heterocycles. The number of anilines is 1. The summed E-state index contributed by atoms with van der Waals surface area (Å²) in [7, 11) is 3.12. The average molecular weight is 415 g/mol. The summed E-state index contributed by atoms with van der Waals surface area (Å²) < 4.78 is 10.8. The molecule has 8 heteroatoms. The molecule has 0 radical (unpaired) electrons. The molecule has 1 N–H and O–H groups in total. The molecule has 1 aromatic carbocycles. The van der Waals surface area contributed by atoms with Gasteiger partial charge in [-0.1, -0.05) is 12.8 Å². The van der Waals surface area contributed by atoms with Crippen molar-refractivity contribution in [3.63, 3.8) is 0 Å². The summed E-state index contributed by atoms with van der Waals surface area (Å²) in [4.78, 5) is 37.0. The van der Waals surface area contributed by atoms with Crippen LogP contribution in [0.15, 0.2) is 10.9 Å². The molecule has 30 heavy (non-hydrogen) atoms. The number of nitrogens with zero attached hydrogens (tertiary/aromatic N) is 3. The third-order valence-electron chi connectivity index (χ3n) is 6.44. The zero-order valence-corrected chi connectivity index (χ0v) is 18.0. The first kappa shape index (κ1) is 20.5. The largest absolute Gasteiger partial charge is 0.493 e. The number of carbonyl (C=O) groups is 1. The van der Waals surface area contributed by atoms with Crippen molar-refractivity contribution in [2.45, 2.75) is 39.0 Å². The Bertz CT molecular complexity index is 989. The molecule has 0 bridgehead atoms. The number of aromatic nitrogens is 2. The maximum absolute atomic E-state index is 12.8. The van der Waals surface area contributed by atoms with Gasteiger partial charge in [0, 0.05) is 44.2 Å². The Labute approximate surface area is 176 Å². The van der Waals surface area contributed by atoms with Crippen LogP contribution in [0, 0.1) is 12.8 Å². The summed E-state index contributed by atoms with van der Waals surface area (Å²) in [5, 5.41) is 0.502. The van der Waals surface area contributed by atoms with E-state index in [-0.39, 0.29) is 11.5 Å². The zero-order valence-electron chi connectivity index (χ0n) is 18.0. The summed E-state index contributed by atoms with van der Waals surface area (Å²) in [5.41, 5.74) is 1.08. The number of aryl methyl sites for hydroxylation is 1. The van der Waals surface area contributed by atoms with Gasteiger partial charge in [0.2, 0.25) is 11.9 Å². The van der Waals surface area contributed by atoms with Crippen LogP contribution in [-0.4, -0.2) is 61.2 Å². The number of carbonyl (C=O) groups excluding carboxylic acids is 1. The van der Waals surface area contributed by atoms with E-state index in [0.29, 0.717) is 72.4 Å². The number of amides is 1. The maximum Gasteiger partial charge on any atom is 0.260 e. The number of aromatic amines is 1. The number of hydrogen-bond donors (Lipinski definition) is 1. The second-order valence-electron chi connectivity index (χ2n) is 8.24. The molecule has 1 aromatic heterocycles. The Morgan fingerprint density at radius 2 is 1.87 bits per heavy atom. The molecular weight excluding hydrogens is 384 g/mol. The van der Waals surface area contributed by atoms with Crippen molar-refractivity contribution in [3.05, 3.63) is 22.0 Å². The number of hydrogen-bond acceptors (Lipinski definition) is 6. The second-order valence-corrected chi connectivity index (χ2v) is 8.24. The highest BCUT2D eigenvalue weighted by Crippen LogP contribution is 2.35. The number of fused-ring (bicyclic) bond motifs is 1. The van der Waals surface area contributed by atoms with Crippen LogP contribution < -0.4 is 19.9 Å². The van der Waals surface area contributed by atoms with E-state index in [1.54, 1.807) is 20.3 Å². The van der Waals surface area contributed by atoms with Crippen LogP contribution in [0.4, 0.5) is 5.95 Å². The lowest BCUT2D eigenvalue weighted by Gasteiger charge is -2.35. The molecule has 2 fully saturated rings. The minimum absolute atomic E-state index is 0.201. The topological polar surface area (TPSA) is 87.8 Å². The molecule has 0 atom stereocenters. The van der Waals surface area contributed by atoms with Gasteiger partial charge in [-0.15, -0.1) is 0 Å². The van der Waals surface area contributed by atoms with Crippen molar-refractivity contribution in [1.82, 2.24) is 14.9 Å². The molecule has 162 valence electrons. The van der Waals surface area contributed by atoms with Crippen molar-refractivity contribution in [2.75, 3.05) is 45.3 Å². The van der Waals surface area contributed by atoms with Crippen LogP contribution in [-0.2, 0) is 4.79 Å². The van der Waals surface area contributed by atoms with Gasteiger partial charge in [-0.2, -0.15) is 0 Å². The zero-order chi connectivity index (χ0) is 21.3. The third kappa shape index (κ3) is 3.82. The number of H-pyrrole nitrogens is 1. The van der Waals surface area contributed by atoms with E-state index in [2.05, 4.69) is 9.97 Å². The quantitative estimate of drug-likeness (QED) is 0.809. The molecule has 1 saturated carbocycles. The predicted octanol–water partition coefficient (Wildman–Crippen LogP) is 2.48. The van der Waals surface area contributed by atoms with E-state index >= 15 is 0 Å². The first-order valence-electron chi connectivity index (χ1n) is 10.7. The predicted molar refractivity (Wildman–Crippen MR) is 116 cm³/mol. The van der Waals surface area contributed by atoms with E-state index in [9.17, 15) is 9.59 Å². The van der Waals surface area contributed by atoms with Gasteiger partial charge in [0.25, 0.3) is 5.56 Å². The van der Waals surface area contributed by atoms with Crippen LogP contribution in [0.3, 0.4) is 0 Å². The van der Waals surface area contributed by atoms with Gasteiger partial charge >= 0.3 is 0 Å². The summed E-state index contributed by atoms with van der Waals surface area (Å²) >= 11 is 0. The Morgan fingerprint density at radius 3 is 2.50 bits per heavy atom. The highest BCUT2D eigenvalue weighted by molar-refractivity contribution is 5.87. The van der Waals surface area contributed by atoms with Crippen LogP contribution >= 0.6 is 0 Å². The lowest BCUT2D eigenvalue weighted by Crippen LogP contribution is -2.49. The van der Waals surface area contributed by atoms with Gasteiger partial charge in [0.1, 0.15) is 0 Å². The molecule has 0 spiro atoms. The van der Waals surface area contributed by atoms with Crippen LogP contribution in [0.2, 0.25) is 0 Å². The van der Waals surface area contributed by atoms with Crippen molar-refractivity contribution in [3.8, 4) is 11.5 Å².